The normalized spacial score (nSPS) is 18.8. The van der Waals surface area contributed by atoms with E-state index in [1.54, 1.807) is 0 Å². The van der Waals surface area contributed by atoms with Crippen LogP contribution in [0.4, 0.5) is 26.3 Å². The number of nitrogens with zero attached hydrogens (tertiary/aromatic N) is 5. The van der Waals surface area contributed by atoms with E-state index in [2.05, 4.69) is 15.1 Å². The van der Waals surface area contributed by atoms with Crippen LogP contribution in [0.15, 0.2) is 76.9 Å². The molecular formula is C38H37ClF6N6O5S. The molecule has 57 heavy (non-hydrogen) atoms. The van der Waals surface area contributed by atoms with Gasteiger partial charge >= 0.3 is 12.1 Å². The van der Waals surface area contributed by atoms with Crippen LogP contribution in [-0.2, 0) is 29.7 Å². The van der Waals surface area contributed by atoms with Gasteiger partial charge in [-0.3, -0.25) is 14.5 Å². The fourth-order valence-electron chi connectivity index (χ4n) is 6.98. The number of rotatable bonds is 12. The molecule has 2 heterocycles. The largest absolute Gasteiger partial charge is 0.463 e. The second-order valence-electron chi connectivity index (χ2n) is 15.4. The van der Waals surface area contributed by atoms with Crippen molar-refractivity contribution in [2.45, 2.75) is 75.5 Å². The zero-order valence-corrected chi connectivity index (χ0v) is 32.5. The predicted octanol–water partition coefficient (Wildman–Crippen LogP) is 7.87. The highest BCUT2D eigenvalue weighted by atomic mass is 35.5. The number of esters is 1. The van der Waals surface area contributed by atoms with E-state index < -0.39 is 87.4 Å². The minimum Gasteiger partial charge on any atom is -0.463 e. The van der Waals surface area contributed by atoms with Gasteiger partial charge in [-0.1, -0.05) is 62.7 Å². The van der Waals surface area contributed by atoms with Crippen molar-refractivity contribution in [3.05, 3.63) is 94.8 Å². The lowest BCUT2D eigenvalue weighted by atomic mass is 9.75. The van der Waals surface area contributed by atoms with Crippen LogP contribution in [-0.4, -0.2) is 65.0 Å². The Bertz CT molecular complexity index is 2360. The zero-order valence-electron chi connectivity index (χ0n) is 30.9. The molecule has 4 aromatic rings. The minimum atomic E-state index is -4.66. The first-order valence-corrected chi connectivity index (χ1v) is 19.7. The zero-order chi connectivity index (χ0) is 41.9. The highest BCUT2D eigenvalue weighted by Crippen LogP contribution is 2.60. The van der Waals surface area contributed by atoms with Crippen LogP contribution < -0.4 is 5.73 Å². The number of carbonyl (C=O) groups excluding carboxylic acids is 2. The summed E-state index contributed by atoms with van der Waals surface area (Å²) < 4.78 is 115. The van der Waals surface area contributed by atoms with Crippen molar-refractivity contribution in [2.24, 2.45) is 21.6 Å². The molecule has 2 atom stereocenters. The predicted molar refractivity (Wildman–Crippen MR) is 197 cm³/mol. The molecule has 1 saturated carbocycles. The number of sulfone groups is 1. The van der Waals surface area contributed by atoms with E-state index in [0.717, 1.165) is 28.2 Å². The Morgan fingerprint density at radius 2 is 1.70 bits per heavy atom. The number of aliphatic imine (C=N–C) groups is 1. The maximum atomic E-state index is 16.1. The number of ether oxygens (including phenoxy) is 1. The lowest BCUT2D eigenvalue weighted by Crippen LogP contribution is -2.47. The van der Waals surface area contributed by atoms with Gasteiger partial charge in [0.25, 0.3) is 12.3 Å². The summed E-state index contributed by atoms with van der Waals surface area (Å²) in [7, 11) is -3.52. The number of nitrogens with two attached hydrogens (primary N) is 1. The summed E-state index contributed by atoms with van der Waals surface area (Å²) in [6.45, 7) is 4.67. The summed E-state index contributed by atoms with van der Waals surface area (Å²) in [5.41, 5.74) is 2.23. The van der Waals surface area contributed by atoms with Gasteiger partial charge in [-0.05, 0) is 71.7 Å². The summed E-state index contributed by atoms with van der Waals surface area (Å²) in [5.74, 6) is -3.96. The molecule has 11 nitrogen and oxygen atoms in total. The second kappa shape index (κ2) is 14.8. The van der Waals surface area contributed by atoms with Crippen molar-refractivity contribution in [1.29, 1.82) is 0 Å². The lowest BCUT2D eigenvalue weighted by molar-refractivity contribution is -0.195. The monoisotopic (exact) mass is 838 g/mol. The van der Waals surface area contributed by atoms with Crippen molar-refractivity contribution in [3.63, 3.8) is 0 Å². The van der Waals surface area contributed by atoms with Gasteiger partial charge in [-0.25, -0.2) is 36.2 Å². The SMILES string of the molecule is CC(C)(C)C[C@]1(c2ccc(-c3ccc(S(C)(=O)=O)cc3)c(F)c2)N=C(N)N([C@H](COC(=O)CC2(C(F)(F)F)CC2)c2ccc(Cl)c(-n3ncnc3C(F)F)c2)C1=O. The Labute approximate surface area is 328 Å². The van der Waals surface area contributed by atoms with Crippen molar-refractivity contribution in [1.82, 2.24) is 19.7 Å². The van der Waals surface area contributed by atoms with Gasteiger partial charge in [0.1, 0.15) is 18.8 Å². The van der Waals surface area contributed by atoms with Crippen molar-refractivity contribution < 1.29 is 49.1 Å². The summed E-state index contributed by atoms with van der Waals surface area (Å²) in [6, 6.07) is 12.1. The average molecular weight is 839 g/mol. The number of aromatic nitrogens is 3. The number of hydrogen-bond donors (Lipinski definition) is 1. The number of alkyl halides is 5. The molecule has 2 aliphatic rings. The molecule has 0 spiro atoms. The number of hydrogen-bond acceptors (Lipinski definition) is 9. The standard InChI is InChI=1S/C38H37ClF6N6O5S/c1-35(2,3)19-37(23-8-11-25(27(40)16-23)21-5-9-24(10-6-21)57(4,54)55)33(53)50(34(46)49-37)29(18-56-30(52)17-36(13-14-36)38(43,44)45)22-7-12-26(39)28(15-22)51-32(31(41)42)47-20-48-51/h5-12,15-16,20,29,31H,13-14,17-19H2,1-4H3,(H2,46,49)/t29-,37-/m1/s1. The third-order valence-electron chi connectivity index (χ3n) is 9.96. The fourth-order valence-corrected chi connectivity index (χ4v) is 7.81. The first-order valence-electron chi connectivity index (χ1n) is 17.5. The Hall–Kier alpha value is -4.97. The number of benzene rings is 3. The molecule has 1 aromatic heterocycles. The van der Waals surface area contributed by atoms with Gasteiger partial charge in [-0.2, -0.15) is 18.3 Å². The smallest absolute Gasteiger partial charge is 0.395 e. The molecular weight excluding hydrogens is 802 g/mol. The van der Waals surface area contributed by atoms with Gasteiger partial charge in [0.05, 0.1) is 33.5 Å². The van der Waals surface area contributed by atoms with E-state index in [4.69, 9.17) is 22.1 Å². The molecule has 1 fully saturated rings. The third kappa shape index (κ3) is 8.24. The summed E-state index contributed by atoms with van der Waals surface area (Å²) in [4.78, 5) is 37.2. The van der Waals surface area contributed by atoms with Gasteiger partial charge in [-0.15, -0.1) is 0 Å². The second-order valence-corrected chi connectivity index (χ2v) is 17.9. The van der Waals surface area contributed by atoms with Gasteiger partial charge in [0.15, 0.2) is 27.2 Å². The maximum absolute atomic E-state index is 16.1. The lowest BCUT2D eigenvalue weighted by Gasteiger charge is -2.35. The first kappa shape index (κ1) is 41.7. The summed E-state index contributed by atoms with van der Waals surface area (Å²) in [5, 5.41) is 3.79. The van der Waals surface area contributed by atoms with Gasteiger partial charge in [0.2, 0.25) is 0 Å². The van der Waals surface area contributed by atoms with E-state index >= 15 is 4.39 Å². The van der Waals surface area contributed by atoms with E-state index in [9.17, 15) is 40.0 Å². The number of carbonyl (C=O) groups is 2. The minimum absolute atomic E-state index is 0.0325. The summed E-state index contributed by atoms with van der Waals surface area (Å²) in [6.07, 6.45) is -7.36. The quantitative estimate of drug-likeness (QED) is 0.112. The number of halogens is 7. The molecule has 19 heteroatoms. The molecule has 0 unspecified atom stereocenters. The molecule has 0 radical (unpaired) electrons. The maximum Gasteiger partial charge on any atom is 0.395 e. The van der Waals surface area contributed by atoms with Crippen LogP contribution in [0, 0.1) is 16.6 Å². The van der Waals surface area contributed by atoms with E-state index in [1.165, 1.54) is 54.6 Å². The van der Waals surface area contributed by atoms with Crippen LogP contribution in [0.3, 0.4) is 0 Å². The molecule has 3 aromatic carbocycles. The Morgan fingerprint density at radius 1 is 1.04 bits per heavy atom. The molecule has 0 bridgehead atoms. The molecule has 304 valence electrons. The van der Waals surface area contributed by atoms with Crippen LogP contribution in [0.25, 0.3) is 16.8 Å². The van der Waals surface area contributed by atoms with Gasteiger partial charge < -0.3 is 10.5 Å². The van der Waals surface area contributed by atoms with Crippen LogP contribution in [0.1, 0.15) is 75.9 Å². The third-order valence-corrected chi connectivity index (χ3v) is 11.4. The van der Waals surface area contributed by atoms with Gasteiger partial charge in [0, 0.05) is 11.8 Å². The van der Waals surface area contributed by atoms with Crippen LogP contribution >= 0.6 is 11.6 Å². The molecule has 6 rings (SSSR count). The molecule has 1 aliphatic carbocycles. The molecule has 1 amide bonds. The van der Waals surface area contributed by atoms with Crippen LogP contribution in [0.5, 0.6) is 0 Å². The highest BCUT2D eigenvalue weighted by Gasteiger charge is 2.64. The Balaban J connectivity index is 1.42. The van der Waals surface area contributed by atoms with E-state index in [-0.39, 0.29) is 51.6 Å². The Morgan fingerprint density at radius 3 is 2.26 bits per heavy atom. The molecule has 0 saturated heterocycles. The van der Waals surface area contributed by atoms with Crippen molar-refractivity contribution in [2.75, 3.05) is 12.9 Å². The topological polar surface area (TPSA) is 150 Å². The van der Waals surface area contributed by atoms with Crippen molar-refractivity contribution in [3.8, 4) is 16.8 Å². The number of amides is 1. The van der Waals surface area contributed by atoms with E-state index in [0.29, 0.717) is 5.56 Å². The number of guanidine groups is 1. The summed E-state index contributed by atoms with van der Waals surface area (Å²) >= 11 is 6.42. The van der Waals surface area contributed by atoms with Crippen molar-refractivity contribution >= 4 is 39.3 Å². The molecule has 2 N–H and O–H groups in total. The Kier molecular flexibility index (Phi) is 10.8. The highest BCUT2D eigenvalue weighted by molar-refractivity contribution is 7.90. The first-order chi connectivity index (χ1) is 26.5. The average Bonchev–Trinajstić information content (AvgIpc) is 3.66. The molecule has 1 aliphatic heterocycles. The van der Waals surface area contributed by atoms with Crippen LogP contribution in [0.2, 0.25) is 5.02 Å². The fraction of sp³-hybridized carbons (Fsp3) is 0.395. The van der Waals surface area contributed by atoms with E-state index in [1.807, 2.05) is 20.8 Å².